The second-order valence-electron chi connectivity index (χ2n) is 4.48. The van der Waals surface area contributed by atoms with E-state index in [1.54, 1.807) is 18.9 Å². The van der Waals surface area contributed by atoms with Gasteiger partial charge in [0.15, 0.2) is 0 Å². The van der Waals surface area contributed by atoms with Gasteiger partial charge in [-0.2, -0.15) is 0 Å². The van der Waals surface area contributed by atoms with Crippen LogP contribution in [-0.2, 0) is 9.53 Å². The van der Waals surface area contributed by atoms with Crippen LogP contribution in [0.25, 0.3) is 0 Å². The highest BCUT2D eigenvalue weighted by Crippen LogP contribution is 2.34. The average Bonchev–Trinajstić information content (AvgIpc) is 2.27. The largest absolute Gasteiger partial charge is 0.383 e. The summed E-state index contributed by atoms with van der Waals surface area (Å²) in [6.45, 7) is 2.71. The monoisotopic (exact) mass is 246 g/mol. The van der Waals surface area contributed by atoms with Crippen LogP contribution in [0.4, 0.5) is 0 Å². The highest BCUT2D eigenvalue weighted by Gasteiger charge is 2.26. The fourth-order valence-electron chi connectivity index (χ4n) is 2.16. The minimum atomic E-state index is -0.176. The lowest BCUT2D eigenvalue weighted by atomic mass is 9.91. The molecule has 3 atom stereocenters. The van der Waals surface area contributed by atoms with E-state index in [9.17, 15) is 4.79 Å². The van der Waals surface area contributed by atoms with Crippen LogP contribution in [0, 0.1) is 5.92 Å². The number of rotatable bonds is 5. The summed E-state index contributed by atoms with van der Waals surface area (Å²) in [5, 5.41) is 0.395. The Morgan fingerprint density at radius 1 is 1.62 bits per heavy atom. The van der Waals surface area contributed by atoms with E-state index in [1.807, 2.05) is 0 Å². The Morgan fingerprint density at radius 2 is 2.38 bits per heavy atom. The molecule has 0 aromatic heterocycles. The van der Waals surface area contributed by atoms with Crippen LogP contribution in [0.15, 0.2) is 0 Å². The zero-order valence-electron chi connectivity index (χ0n) is 10.1. The first-order valence-corrected chi connectivity index (χ1v) is 6.76. The zero-order chi connectivity index (χ0) is 12.0. The molecule has 4 nitrogen and oxygen atoms in total. The van der Waals surface area contributed by atoms with Crippen molar-refractivity contribution in [2.24, 2.45) is 11.8 Å². The first-order valence-electron chi connectivity index (χ1n) is 5.82. The normalized spacial score (nSPS) is 27.4. The maximum atomic E-state index is 11.5. The number of amides is 1. The number of methoxy groups -OCH3 is 1. The Labute approximate surface area is 102 Å². The van der Waals surface area contributed by atoms with Crippen molar-refractivity contribution < 1.29 is 9.53 Å². The summed E-state index contributed by atoms with van der Waals surface area (Å²) in [6, 6.07) is 0. The summed E-state index contributed by atoms with van der Waals surface area (Å²) in [5.41, 5.74) is 2.21. The van der Waals surface area contributed by atoms with Gasteiger partial charge in [0.05, 0.1) is 6.61 Å². The summed E-state index contributed by atoms with van der Waals surface area (Å²) < 4.78 is 5.06. The van der Waals surface area contributed by atoms with Crippen LogP contribution in [0.1, 0.15) is 32.6 Å². The highest BCUT2D eigenvalue weighted by molar-refractivity contribution is 8.01. The Kier molecular flexibility index (Phi) is 6.16. The van der Waals surface area contributed by atoms with Gasteiger partial charge in [0.25, 0.3) is 0 Å². The summed E-state index contributed by atoms with van der Waals surface area (Å²) >= 11 is 1.71. The minimum Gasteiger partial charge on any atom is -0.383 e. The lowest BCUT2D eigenvalue weighted by Crippen LogP contribution is -2.40. The van der Waals surface area contributed by atoms with Crippen molar-refractivity contribution in [2.75, 3.05) is 13.7 Å². The smallest absolute Gasteiger partial charge is 0.249 e. The molecule has 1 aliphatic rings. The topological polar surface area (TPSA) is 64.3 Å². The molecule has 3 unspecified atom stereocenters. The van der Waals surface area contributed by atoms with Crippen LogP contribution < -0.4 is 11.3 Å². The number of thioether (sulfide) groups is 1. The molecule has 94 valence electrons. The van der Waals surface area contributed by atoms with Crippen molar-refractivity contribution >= 4 is 17.7 Å². The lowest BCUT2D eigenvalue weighted by molar-refractivity contribution is -0.121. The molecule has 5 heteroatoms. The summed E-state index contributed by atoms with van der Waals surface area (Å²) in [7, 11) is 1.61. The van der Waals surface area contributed by atoms with E-state index >= 15 is 0 Å². The standard InChI is InChI=1S/C11H22N2O2S/c1-8-4-3-5-9(6-8)16-10(7-15-2)11(14)13-12/h8-10H,3-7,12H2,1-2H3,(H,13,14). The van der Waals surface area contributed by atoms with Crippen LogP contribution in [-0.4, -0.2) is 30.1 Å². The van der Waals surface area contributed by atoms with Crippen molar-refractivity contribution in [3.8, 4) is 0 Å². The van der Waals surface area contributed by atoms with Gasteiger partial charge in [-0.1, -0.05) is 19.8 Å². The fourth-order valence-corrected chi connectivity index (χ4v) is 3.77. The average molecular weight is 246 g/mol. The molecule has 1 aliphatic carbocycles. The van der Waals surface area contributed by atoms with E-state index in [0.717, 1.165) is 5.92 Å². The van der Waals surface area contributed by atoms with Gasteiger partial charge < -0.3 is 4.74 Å². The predicted molar refractivity (Wildman–Crippen MR) is 67.0 cm³/mol. The number of hydrazine groups is 1. The van der Waals surface area contributed by atoms with Crippen LogP contribution in [0.5, 0.6) is 0 Å². The van der Waals surface area contributed by atoms with Crippen molar-refractivity contribution in [3.63, 3.8) is 0 Å². The molecule has 0 aliphatic heterocycles. The summed E-state index contributed by atoms with van der Waals surface area (Å²) in [4.78, 5) is 11.5. The SMILES string of the molecule is COCC(SC1CCCC(C)C1)C(=O)NN. The minimum absolute atomic E-state index is 0.134. The Morgan fingerprint density at radius 3 is 2.94 bits per heavy atom. The van der Waals surface area contributed by atoms with Gasteiger partial charge in [-0.15, -0.1) is 11.8 Å². The van der Waals surface area contributed by atoms with Gasteiger partial charge in [0.2, 0.25) is 5.91 Å². The van der Waals surface area contributed by atoms with E-state index in [-0.39, 0.29) is 11.2 Å². The molecule has 1 saturated carbocycles. The van der Waals surface area contributed by atoms with Crippen molar-refractivity contribution in [3.05, 3.63) is 0 Å². The van der Waals surface area contributed by atoms with Crippen LogP contribution in [0.2, 0.25) is 0 Å². The third-order valence-electron chi connectivity index (χ3n) is 3.00. The molecule has 0 aromatic rings. The molecule has 0 aromatic carbocycles. The van der Waals surface area contributed by atoms with E-state index in [0.29, 0.717) is 11.9 Å². The molecule has 0 bridgehead atoms. The van der Waals surface area contributed by atoms with Gasteiger partial charge in [0.1, 0.15) is 5.25 Å². The number of hydrogen-bond donors (Lipinski definition) is 2. The van der Waals surface area contributed by atoms with Gasteiger partial charge >= 0.3 is 0 Å². The number of hydrogen-bond acceptors (Lipinski definition) is 4. The van der Waals surface area contributed by atoms with Crippen LogP contribution >= 0.6 is 11.8 Å². The highest BCUT2D eigenvalue weighted by atomic mass is 32.2. The Bertz CT molecular complexity index is 226. The molecule has 1 amide bonds. The third-order valence-corrected chi connectivity index (χ3v) is 4.49. The number of ether oxygens (including phenoxy) is 1. The lowest BCUT2D eigenvalue weighted by Gasteiger charge is -2.28. The summed E-state index contributed by atoms with van der Waals surface area (Å²) in [5.74, 6) is 5.81. The molecule has 1 rings (SSSR count). The number of nitrogens with one attached hydrogen (secondary N) is 1. The zero-order valence-corrected chi connectivity index (χ0v) is 10.9. The maximum absolute atomic E-state index is 11.5. The molecule has 16 heavy (non-hydrogen) atoms. The first-order chi connectivity index (χ1) is 7.67. The second-order valence-corrected chi connectivity index (χ2v) is 5.99. The van der Waals surface area contributed by atoms with E-state index in [2.05, 4.69) is 12.3 Å². The van der Waals surface area contributed by atoms with Crippen LogP contribution in [0.3, 0.4) is 0 Å². The molecule has 0 heterocycles. The van der Waals surface area contributed by atoms with E-state index in [1.165, 1.54) is 25.7 Å². The molecular weight excluding hydrogens is 224 g/mol. The van der Waals surface area contributed by atoms with Crippen molar-refractivity contribution in [2.45, 2.75) is 43.1 Å². The van der Waals surface area contributed by atoms with Crippen molar-refractivity contribution in [1.29, 1.82) is 0 Å². The molecule has 0 spiro atoms. The molecule has 3 N–H and O–H groups in total. The van der Waals surface area contributed by atoms with Gasteiger partial charge in [-0.25, -0.2) is 5.84 Å². The van der Waals surface area contributed by atoms with E-state index in [4.69, 9.17) is 10.6 Å². The molecule has 0 radical (unpaired) electrons. The van der Waals surface area contributed by atoms with Crippen molar-refractivity contribution in [1.82, 2.24) is 5.43 Å². The number of carbonyl (C=O) groups is 1. The third kappa shape index (κ3) is 4.31. The maximum Gasteiger partial charge on any atom is 0.249 e. The number of carbonyl (C=O) groups excluding carboxylic acids is 1. The molecular formula is C11H22N2O2S. The van der Waals surface area contributed by atoms with Gasteiger partial charge in [-0.05, 0) is 18.8 Å². The second kappa shape index (κ2) is 7.14. The van der Waals surface area contributed by atoms with Gasteiger partial charge in [-0.3, -0.25) is 10.2 Å². The first kappa shape index (κ1) is 13.8. The molecule has 0 saturated heterocycles. The Balaban J connectivity index is 2.43. The Hall–Kier alpha value is -0.260. The summed E-state index contributed by atoms with van der Waals surface area (Å²) in [6.07, 6.45) is 4.98. The number of nitrogens with two attached hydrogens (primary N) is 1. The predicted octanol–water partition coefficient (Wildman–Crippen LogP) is 1.30. The molecule has 1 fully saturated rings. The quantitative estimate of drug-likeness (QED) is 0.436. The van der Waals surface area contributed by atoms with E-state index < -0.39 is 0 Å². The fraction of sp³-hybridized carbons (Fsp3) is 0.909. The van der Waals surface area contributed by atoms with Gasteiger partial charge in [0, 0.05) is 12.4 Å².